The summed E-state index contributed by atoms with van der Waals surface area (Å²) in [4.78, 5) is 16.4. The van der Waals surface area contributed by atoms with Crippen LogP contribution in [0, 0.1) is 0 Å². The molecule has 2 rings (SSSR count). The molecule has 1 fully saturated rings. The van der Waals surface area contributed by atoms with Gasteiger partial charge in [0.25, 0.3) is 0 Å². The maximum atomic E-state index is 10.7. The summed E-state index contributed by atoms with van der Waals surface area (Å²) in [6, 6.07) is 4.33. The summed E-state index contributed by atoms with van der Waals surface area (Å²) in [6.07, 6.45) is 7.40. The normalized spacial score (nSPS) is 20.0. The number of nitrogens with zero attached hydrogens (tertiary/aromatic N) is 1. The van der Waals surface area contributed by atoms with E-state index in [0.29, 0.717) is 6.42 Å². The van der Waals surface area contributed by atoms with E-state index in [0.717, 1.165) is 19.4 Å². The van der Waals surface area contributed by atoms with Gasteiger partial charge in [-0.3, -0.25) is 4.90 Å². The topological polar surface area (TPSA) is 36.1 Å². The highest BCUT2D eigenvalue weighted by Gasteiger charge is 2.22. The molecule has 1 aromatic rings. The zero-order valence-electron chi connectivity index (χ0n) is 8.98. The molecule has 1 aliphatic heterocycles. The van der Waals surface area contributed by atoms with Gasteiger partial charge in [0.2, 0.25) is 0 Å². The Morgan fingerprint density at radius 1 is 1.40 bits per heavy atom. The summed E-state index contributed by atoms with van der Waals surface area (Å²) in [5, 5.41) is 0. The largest absolute Gasteiger partial charge is 0.364 e. The molecule has 82 valence electrons. The van der Waals surface area contributed by atoms with Crippen LogP contribution in [-0.2, 0) is 4.79 Å². The number of aromatic nitrogens is 1. The van der Waals surface area contributed by atoms with Crippen LogP contribution in [-0.4, -0.2) is 29.3 Å². The summed E-state index contributed by atoms with van der Waals surface area (Å²) in [5.74, 6) is 0. The Bertz CT molecular complexity index is 289. The number of H-pyrrole nitrogens is 1. The number of likely N-dealkylation sites (tertiary alicyclic amines) is 1. The molecule has 0 aliphatic carbocycles. The minimum atomic E-state index is 0.262. The summed E-state index contributed by atoms with van der Waals surface area (Å²) in [5.41, 5.74) is 1.17. The number of carbonyl (C=O) groups excluding carboxylic acids is 1. The van der Waals surface area contributed by atoms with Gasteiger partial charge in [-0.2, -0.15) is 0 Å². The second-order valence-corrected chi connectivity index (χ2v) is 4.14. The summed E-state index contributed by atoms with van der Waals surface area (Å²) in [6.45, 7) is 2.25. The van der Waals surface area contributed by atoms with Crippen molar-refractivity contribution in [3.8, 4) is 0 Å². The van der Waals surface area contributed by atoms with Crippen LogP contribution in [0.5, 0.6) is 0 Å². The first-order chi connectivity index (χ1) is 7.42. The van der Waals surface area contributed by atoms with Crippen molar-refractivity contribution in [2.75, 3.05) is 13.1 Å². The van der Waals surface area contributed by atoms with Gasteiger partial charge in [0.05, 0.1) is 6.04 Å². The predicted molar refractivity (Wildman–Crippen MR) is 59.6 cm³/mol. The molecule has 3 heteroatoms. The van der Waals surface area contributed by atoms with Crippen LogP contribution >= 0.6 is 0 Å². The number of aromatic amines is 1. The maximum absolute atomic E-state index is 10.7. The molecule has 0 bridgehead atoms. The number of rotatable bonds is 4. The molecule has 2 heterocycles. The molecular weight excluding hydrogens is 188 g/mol. The first kappa shape index (κ1) is 10.4. The molecule has 0 radical (unpaired) electrons. The van der Waals surface area contributed by atoms with Crippen LogP contribution < -0.4 is 0 Å². The Balaban J connectivity index is 2.07. The quantitative estimate of drug-likeness (QED) is 0.766. The third-order valence-electron chi connectivity index (χ3n) is 3.13. The second kappa shape index (κ2) is 5.12. The van der Waals surface area contributed by atoms with Crippen molar-refractivity contribution in [3.05, 3.63) is 24.0 Å². The molecule has 15 heavy (non-hydrogen) atoms. The van der Waals surface area contributed by atoms with Crippen LogP contribution in [0.1, 0.15) is 37.4 Å². The molecule has 1 unspecified atom stereocenters. The number of hydrogen-bond acceptors (Lipinski definition) is 2. The van der Waals surface area contributed by atoms with Crippen molar-refractivity contribution in [1.29, 1.82) is 0 Å². The summed E-state index contributed by atoms with van der Waals surface area (Å²) in [7, 11) is 0. The van der Waals surface area contributed by atoms with Gasteiger partial charge in [-0.15, -0.1) is 0 Å². The highest BCUT2D eigenvalue weighted by atomic mass is 16.1. The molecular formula is C12H18N2O. The van der Waals surface area contributed by atoms with Crippen LogP contribution in [0.3, 0.4) is 0 Å². The Morgan fingerprint density at radius 2 is 2.20 bits per heavy atom. The van der Waals surface area contributed by atoms with E-state index in [9.17, 15) is 4.79 Å². The average molecular weight is 206 g/mol. The number of hydrogen-bond donors (Lipinski definition) is 1. The molecule has 1 aliphatic rings. The van der Waals surface area contributed by atoms with Gasteiger partial charge in [0.1, 0.15) is 6.29 Å². The lowest BCUT2D eigenvalue weighted by Gasteiger charge is -2.33. The SMILES string of the molecule is O=CCC(c1ccc[nH]1)N1CCCCC1. The summed E-state index contributed by atoms with van der Waals surface area (Å²) >= 11 is 0. The van der Waals surface area contributed by atoms with Crippen molar-refractivity contribution >= 4 is 6.29 Å². The predicted octanol–water partition coefficient (Wildman–Crippen LogP) is 2.13. The van der Waals surface area contributed by atoms with E-state index < -0.39 is 0 Å². The fourth-order valence-corrected chi connectivity index (χ4v) is 2.35. The van der Waals surface area contributed by atoms with Crippen LogP contribution in [0.25, 0.3) is 0 Å². The molecule has 0 aromatic carbocycles. The molecule has 1 aromatic heterocycles. The van der Waals surface area contributed by atoms with E-state index >= 15 is 0 Å². The fraction of sp³-hybridized carbons (Fsp3) is 0.583. The molecule has 3 nitrogen and oxygen atoms in total. The Hall–Kier alpha value is -1.09. The van der Waals surface area contributed by atoms with E-state index in [4.69, 9.17) is 0 Å². The zero-order chi connectivity index (χ0) is 10.5. The van der Waals surface area contributed by atoms with Gasteiger partial charge in [0.15, 0.2) is 0 Å². The van der Waals surface area contributed by atoms with Gasteiger partial charge in [-0.1, -0.05) is 6.42 Å². The summed E-state index contributed by atoms with van der Waals surface area (Å²) < 4.78 is 0. The van der Waals surface area contributed by atoms with Crippen molar-refractivity contribution in [2.45, 2.75) is 31.7 Å². The molecule has 1 N–H and O–H groups in total. The smallest absolute Gasteiger partial charge is 0.121 e. The third-order valence-corrected chi connectivity index (χ3v) is 3.13. The first-order valence-electron chi connectivity index (χ1n) is 5.73. The Labute approximate surface area is 90.5 Å². The van der Waals surface area contributed by atoms with E-state index in [2.05, 4.69) is 16.0 Å². The highest BCUT2D eigenvalue weighted by Crippen LogP contribution is 2.25. The van der Waals surface area contributed by atoms with Gasteiger partial charge in [-0.05, 0) is 38.1 Å². The first-order valence-corrected chi connectivity index (χ1v) is 5.73. The molecule has 0 saturated carbocycles. The molecule has 1 atom stereocenters. The van der Waals surface area contributed by atoms with Gasteiger partial charge in [0, 0.05) is 18.3 Å². The van der Waals surface area contributed by atoms with Crippen LogP contribution in [0.15, 0.2) is 18.3 Å². The van der Waals surface area contributed by atoms with Crippen molar-refractivity contribution < 1.29 is 4.79 Å². The Kier molecular flexibility index (Phi) is 3.56. The van der Waals surface area contributed by atoms with E-state index in [-0.39, 0.29) is 6.04 Å². The van der Waals surface area contributed by atoms with Gasteiger partial charge >= 0.3 is 0 Å². The lowest BCUT2D eigenvalue weighted by molar-refractivity contribution is -0.109. The highest BCUT2D eigenvalue weighted by molar-refractivity contribution is 5.51. The average Bonchev–Trinajstić information content (AvgIpc) is 2.80. The minimum Gasteiger partial charge on any atom is -0.364 e. The standard InChI is InChI=1S/C12H18N2O/c15-10-6-12(11-5-4-7-13-11)14-8-2-1-3-9-14/h4-5,7,10,12-13H,1-3,6,8-9H2. The van der Waals surface area contributed by atoms with Crippen LogP contribution in [0.2, 0.25) is 0 Å². The molecule has 1 saturated heterocycles. The van der Waals surface area contributed by atoms with Crippen molar-refractivity contribution in [1.82, 2.24) is 9.88 Å². The Morgan fingerprint density at radius 3 is 2.80 bits per heavy atom. The van der Waals surface area contributed by atoms with E-state index in [1.165, 1.54) is 25.0 Å². The molecule has 0 amide bonds. The minimum absolute atomic E-state index is 0.262. The van der Waals surface area contributed by atoms with Gasteiger partial charge in [-0.25, -0.2) is 0 Å². The maximum Gasteiger partial charge on any atom is 0.121 e. The monoisotopic (exact) mass is 206 g/mol. The van der Waals surface area contributed by atoms with Crippen molar-refractivity contribution in [2.24, 2.45) is 0 Å². The number of nitrogens with one attached hydrogen (secondary N) is 1. The van der Waals surface area contributed by atoms with E-state index in [1.807, 2.05) is 12.3 Å². The lowest BCUT2D eigenvalue weighted by Crippen LogP contribution is -2.34. The van der Waals surface area contributed by atoms with Crippen molar-refractivity contribution in [3.63, 3.8) is 0 Å². The molecule has 0 spiro atoms. The lowest BCUT2D eigenvalue weighted by atomic mass is 10.0. The number of piperidine rings is 1. The number of aldehydes is 1. The van der Waals surface area contributed by atoms with E-state index in [1.54, 1.807) is 0 Å². The number of carbonyl (C=O) groups is 1. The third kappa shape index (κ3) is 2.48. The second-order valence-electron chi connectivity index (χ2n) is 4.14. The van der Waals surface area contributed by atoms with Gasteiger partial charge < -0.3 is 9.78 Å². The zero-order valence-corrected chi connectivity index (χ0v) is 8.98. The van der Waals surface area contributed by atoms with Crippen LogP contribution in [0.4, 0.5) is 0 Å². The fourth-order valence-electron chi connectivity index (χ4n) is 2.35.